The zero-order chi connectivity index (χ0) is 18.9. The monoisotopic (exact) mass is 421 g/mol. The Bertz CT molecular complexity index is 878. The normalized spacial score (nSPS) is 21.0. The second kappa shape index (κ2) is 8.14. The van der Waals surface area contributed by atoms with Crippen molar-refractivity contribution in [1.29, 1.82) is 0 Å². The number of pyridine rings is 1. The highest BCUT2D eigenvalue weighted by atomic mass is 35.5. The summed E-state index contributed by atoms with van der Waals surface area (Å²) in [5.74, 6) is -0.333. The van der Waals surface area contributed by atoms with Gasteiger partial charge in [-0.2, -0.15) is 17.5 Å². The average Bonchev–Trinajstić information content (AvgIpc) is 3.07. The van der Waals surface area contributed by atoms with Crippen LogP contribution >= 0.6 is 12.4 Å². The first-order chi connectivity index (χ1) is 12.2. The molecule has 0 radical (unpaired) electrons. The summed E-state index contributed by atoms with van der Waals surface area (Å²) >= 11 is 0. The van der Waals surface area contributed by atoms with E-state index < -0.39 is 26.7 Å². The van der Waals surface area contributed by atoms with Crippen LogP contribution in [0.25, 0.3) is 0 Å². The van der Waals surface area contributed by atoms with E-state index in [1.54, 1.807) is 0 Å². The molecule has 0 bridgehead atoms. The zero-order valence-corrected chi connectivity index (χ0v) is 15.8. The molecule has 5 nitrogen and oxygen atoms in total. The molecular weight excluding hydrogens is 403 g/mol. The molecule has 10 heteroatoms. The van der Waals surface area contributed by atoms with E-state index in [2.05, 4.69) is 4.98 Å². The van der Waals surface area contributed by atoms with E-state index >= 15 is 0 Å². The molecule has 2 heterocycles. The minimum atomic E-state index is -4.78. The standard InChI is InChI=1S/C17H18F3N3O2S.ClH/c18-17(19,20)15-6-7-22-9-16(15)26(24,25)23-10-13(8-21)14(11-23)12-4-2-1-3-5-12;/h1-7,9,13-14H,8,10-11,21H2;1H/t13-,14+;/m1./s1. The van der Waals surface area contributed by atoms with Gasteiger partial charge in [0.1, 0.15) is 4.90 Å². The van der Waals surface area contributed by atoms with Gasteiger partial charge >= 0.3 is 6.18 Å². The van der Waals surface area contributed by atoms with Crippen molar-refractivity contribution in [2.24, 2.45) is 11.7 Å². The number of alkyl halides is 3. The van der Waals surface area contributed by atoms with Crippen LogP contribution in [0.15, 0.2) is 53.7 Å². The Kier molecular flexibility index (Phi) is 6.51. The topological polar surface area (TPSA) is 76.3 Å². The molecule has 1 saturated heterocycles. The molecule has 0 unspecified atom stereocenters. The van der Waals surface area contributed by atoms with Crippen LogP contribution in [0.3, 0.4) is 0 Å². The lowest BCUT2D eigenvalue weighted by Crippen LogP contribution is -2.31. The lowest BCUT2D eigenvalue weighted by molar-refractivity contribution is -0.140. The molecule has 27 heavy (non-hydrogen) atoms. The molecule has 2 N–H and O–H groups in total. The maximum atomic E-state index is 13.2. The van der Waals surface area contributed by atoms with Crippen LogP contribution in [0.1, 0.15) is 17.0 Å². The summed E-state index contributed by atoms with van der Waals surface area (Å²) in [6.07, 6.45) is -3.09. The number of hydrogen-bond donors (Lipinski definition) is 1. The smallest absolute Gasteiger partial charge is 0.330 e. The second-order valence-corrected chi connectivity index (χ2v) is 8.11. The van der Waals surface area contributed by atoms with Crippen LogP contribution in [0.4, 0.5) is 13.2 Å². The summed E-state index contributed by atoms with van der Waals surface area (Å²) in [5, 5.41) is 0. The van der Waals surface area contributed by atoms with Crippen LogP contribution in [-0.2, 0) is 16.2 Å². The minimum absolute atomic E-state index is 0. The molecule has 0 amide bonds. The first kappa shape index (κ1) is 21.6. The molecule has 1 aliphatic heterocycles. The molecule has 3 rings (SSSR count). The van der Waals surface area contributed by atoms with Crippen LogP contribution in [-0.4, -0.2) is 37.3 Å². The molecule has 0 saturated carbocycles. The highest BCUT2D eigenvalue weighted by Crippen LogP contribution is 2.38. The van der Waals surface area contributed by atoms with Gasteiger partial charge in [0.05, 0.1) is 5.56 Å². The fraction of sp³-hybridized carbons (Fsp3) is 0.353. The maximum Gasteiger partial charge on any atom is 0.417 e. The van der Waals surface area contributed by atoms with Crippen molar-refractivity contribution in [1.82, 2.24) is 9.29 Å². The van der Waals surface area contributed by atoms with Crippen molar-refractivity contribution in [3.05, 3.63) is 59.9 Å². The van der Waals surface area contributed by atoms with E-state index in [0.717, 1.165) is 22.3 Å². The lowest BCUT2D eigenvalue weighted by atomic mass is 9.89. The van der Waals surface area contributed by atoms with Gasteiger partial charge in [-0.15, -0.1) is 12.4 Å². The van der Waals surface area contributed by atoms with Crippen molar-refractivity contribution in [3.63, 3.8) is 0 Å². The van der Waals surface area contributed by atoms with Crippen molar-refractivity contribution in [2.75, 3.05) is 19.6 Å². The minimum Gasteiger partial charge on any atom is -0.330 e. The second-order valence-electron chi connectivity index (χ2n) is 6.20. The summed E-state index contributed by atoms with van der Waals surface area (Å²) in [6, 6.07) is 9.93. The Balaban J connectivity index is 0.00000261. The van der Waals surface area contributed by atoms with Gasteiger partial charge in [-0.3, -0.25) is 4.98 Å². The zero-order valence-electron chi connectivity index (χ0n) is 14.1. The number of hydrogen-bond acceptors (Lipinski definition) is 4. The number of nitrogens with two attached hydrogens (primary N) is 1. The molecular formula is C17H19ClF3N3O2S. The predicted octanol–water partition coefficient (Wildman–Crippen LogP) is 2.89. The van der Waals surface area contributed by atoms with Crippen molar-refractivity contribution in [3.8, 4) is 0 Å². The quantitative estimate of drug-likeness (QED) is 0.823. The summed E-state index contributed by atoms with van der Waals surface area (Å²) in [6.45, 7) is 0.399. The molecule has 1 aliphatic rings. The number of halogens is 4. The Labute approximate surface area is 161 Å². The Morgan fingerprint density at radius 1 is 1.15 bits per heavy atom. The number of rotatable bonds is 4. The number of benzene rings is 1. The van der Waals surface area contributed by atoms with Crippen LogP contribution < -0.4 is 5.73 Å². The first-order valence-electron chi connectivity index (χ1n) is 8.01. The number of nitrogens with zero attached hydrogens (tertiary/aromatic N) is 2. The highest BCUT2D eigenvalue weighted by Gasteiger charge is 2.43. The van der Waals surface area contributed by atoms with Crippen molar-refractivity contribution >= 4 is 22.4 Å². The lowest BCUT2D eigenvalue weighted by Gasteiger charge is -2.19. The number of sulfonamides is 1. The van der Waals surface area contributed by atoms with Crippen molar-refractivity contribution < 1.29 is 21.6 Å². The van der Waals surface area contributed by atoms with E-state index in [-0.39, 0.29) is 43.9 Å². The van der Waals surface area contributed by atoms with Gasteiger partial charge in [-0.05, 0) is 24.1 Å². The highest BCUT2D eigenvalue weighted by molar-refractivity contribution is 7.89. The van der Waals surface area contributed by atoms with E-state index in [0.29, 0.717) is 6.07 Å². The fourth-order valence-electron chi connectivity index (χ4n) is 3.30. The predicted molar refractivity (Wildman–Crippen MR) is 97.0 cm³/mol. The molecule has 2 atom stereocenters. The molecule has 0 spiro atoms. The van der Waals surface area contributed by atoms with Gasteiger partial charge in [-0.1, -0.05) is 30.3 Å². The molecule has 0 aliphatic carbocycles. The SMILES string of the molecule is Cl.NC[C@@H]1CN(S(=O)(=O)c2cnccc2C(F)(F)F)C[C@H]1c1ccccc1. The first-order valence-corrected chi connectivity index (χ1v) is 9.45. The fourth-order valence-corrected chi connectivity index (χ4v) is 4.98. The van der Waals surface area contributed by atoms with Crippen molar-refractivity contribution in [2.45, 2.75) is 17.0 Å². The Morgan fingerprint density at radius 2 is 1.81 bits per heavy atom. The van der Waals surface area contributed by atoms with Gasteiger partial charge in [0.2, 0.25) is 10.0 Å². The third-order valence-corrected chi connectivity index (χ3v) is 6.50. The molecule has 148 valence electrons. The van der Waals surface area contributed by atoms with Crippen LogP contribution in [0.2, 0.25) is 0 Å². The van der Waals surface area contributed by atoms with Gasteiger partial charge in [0.15, 0.2) is 0 Å². The van der Waals surface area contributed by atoms with E-state index in [9.17, 15) is 21.6 Å². The molecule has 1 fully saturated rings. The largest absolute Gasteiger partial charge is 0.417 e. The van der Waals surface area contributed by atoms with Crippen LogP contribution in [0.5, 0.6) is 0 Å². The maximum absolute atomic E-state index is 13.2. The average molecular weight is 422 g/mol. The van der Waals surface area contributed by atoms with Gasteiger partial charge < -0.3 is 5.73 Å². The Hall–Kier alpha value is -1.68. The third-order valence-electron chi connectivity index (χ3n) is 4.65. The summed E-state index contributed by atoms with van der Waals surface area (Å²) in [5.41, 5.74) is 5.50. The van der Waals surface area contributed by atoms with Gasteiger partial charge in [0, 0.05) is 31.4 Å². The molecule has 1 aromatic carbocycles. The molecule has 1 aromatic heterocycles. The third kappa shape index (κ3) is 4.26. The summed E-state index contributed by atoms with van der Waals surface area (Å²) < 4.78 is 66.5. The van der Waals surface area contributed by atoms with Gasteiger partial charge in [-0.25, -0.2) is 8.42 Å². The summed E-state index contributed by atoms with van der Waals surface area (Å²) in [4.78, 5) is 2.76. The van der Waals surface area contributed by atoms with Crippen LogP contribution in [0, 0.1) is 5.92 Å². The summed E-state index contributed by atoms with van der Waals surface area (Å²) in [7, 11) is -4.34. The van der Waals surface area contributed by atoms with E-state index in [1.165, 1.54) is 0 Å². The van der Waals surface area contributed by atoms with Gasteiger partial charge in [0.25, 0.3) is 0 Å². The molecule has 2 aromatic rings. The number of aromatic nitrogens is 1. The Morgan fingerprint density at radius 3 is 2.41 bits per heavy atom. The van der Waals surface area contributed by atoms with E-state index in [4.69, 9.17) is 5.73 Å². The van der Waals surface area contributed by atoms with E-state index in [1.807, 2.05) is 30.3 Å².